The zero-order chi connectivity index (χ0) is 12.4. The molecule has 0 radical (unpaired) electrons. The summed E-state index contributed by atoms with van der Waals surface area (Å²) < 4.78 is 26.1. The van der Waals surface area contributed by atoms with E-state index in [0.29, 0.717) is 11.1 Å². The summed E-state index contributed by atoms with van der Waals surface area (Å²) in [5.74, 6) is -1.50. The van der Waals surface area contributed by atoms with E-state index in [4.69, 9.17) is 11.6 Å². The van der Waals surface area contributed by atoms with Gasteiger partial charge in [-0.3, -0.25) is 4.98 Å². The Morgan fingerprint density at radius 2 is 1.94 bits per heavy atom. The Bertz CT molecular complexity index is 531. The first-order valence-corrected chi connectivity index (χ1v) is 5.20. The molecule has 1 heterocycles. The molecule has 2 nitrogen and oxygen atoms in total. The summed E-state index contributed by atoms with van der Waals surface area (Å²) in [5.41, 5.74) is 0.223. The van der Waals surface area contributed by atoms with Crippen LogP contribution in [-0.2, 0) is 0 Å². The van der Waals surface area contributed by atoms with Crippen LogP contribution in [0.1, 0.15) is 17.4 Å². The van der Waals surface area contributed by atoms with Crippen molar-refractivity contribution in [1.29, 1.82) is 0 Å². The van der Waals surface area contributed by atoms with Crippen LogP contribution >= 0.6 is 11.6 Å². The van der Waals surface area contributed by atoms with Crippen molar-refractivity contribution in [3.63, 3.8) is 0 Å². The van der Waals surface area contributed by atoms with Gasteiger partial charge in [0, 0.05) is 17.8 Å². The molecule has 1 unspecified atom stereocenters. The molecule has 0 saturated carbocycles. The Labute approximate surface area is 102 Å². The first kappa shape index (κ1) is 12.0. The average Bonchev–Trinajstić information content (AvgIpc) is 2.29. The van der Waals surface area contributed by atoms with Crippen LogP contribution in [0, 0.1) is 11.6 Å². The van der Waals surface area contributed by atoms with Crippen LogP contribution in [0.25, 0.3) is 0 Å². The molecule has 88 valence electrons. The summed E-state index contributed by atoms with van der Waals surface area (Å²) >= 11 is 5.65. The van der Waals surface area contributed by atoms with E-state index in [9.17, 15) is 13.9 Å². The van der Waals surface area contributed by atoms with Crippen LogP contribution in [0.5, 0.6) is 0 Å². The van der Waals surface area contributed by atoms with Crippen molar-refractivity contribution >= 4 is 11.6 Å². The van der Waals surface area contributed by atoms with Crippen LogP contribution in [0.15, 0.2) is 36.5 Å². The Balaban J connectivity index is 2.36. The number of pyridine rings is 1. The number of aliphatic hydroxyl groups excluding tert-OH is 1. The quantitative estimate of drug-likeness (QED) is 0.895. The number of nitrogens with zero attached hydrogens (tertiary/aromatic N) is 1. The van der Waals surface area contributed by atoms with Gasteiger partial charge in [-0.15, -0.1) is 0 Å². The number of halogens is 3. The average molecular weight is 256 g/mol. The molecule has 1 aromatic heterocycles. The first-order chi connectivity index (χ1) is 8.08. The highest BCUT2D eigenvalue weighted by Crippen LogP contribution is 2.24. The smallest absolute Gasteiger partial charge is 0.132 e. The normalized spacial score (nSPS) is 12.5. The van der Waals surface area contributed by atoms with Crippen LogP contribution < -0.4 is 0 Å². The number of aromatic nitrogens is 1. The van der Waals surface area contributed by atoms with Gasteiger partial charge in [-0.1, -0.05) is 17.7 Å². The molecule has 0 aliphatic heterocycles. The zero-order valence-corrected chi connectivity index (χ0v) is 9.33. The summed E-state index contributed by atoms with van der Waals surface area (Å²) in [5, 5.41) is 10.3. The highest BCUT2D eigenvalue weighted by Gasteiger charge is 2.16. The molecule has 2 rings (SSSR count). The van der Waals surface area contributed by atoms with Crippen molar-refractivity contribution in [2.24, 2.45) is 0 Å². The molecule has 0 saturated heterocycles. The third-order valence-electron chi connectivity index (χ3n) is 2.29. The van der Waals surface area contributed by atoms with Gasteiger partial charge in [-0.2, -0.15) is 0 Å². The lowest BCUT2D eigenvalue weighted by Gasteiger charge is -2.11. The van der Waals surface area contributed by atoms with E-state index in [-0.39, 0.29) is 11.3 Å². The third-order valence-corrected chi connectivity index (χ3v) is 2.51. The molecule has 1 atom stereocenters. The minimum atomic E-state index is -1.24. The molecule has 0 aliphatic rings. The van der Waals surface area contributed by atoms with Crippen molar-refractivity contribution in [3.05, 3.63) is 64.4 Å². The molecular weight excluding hydrogens is 248 g/mol. The third kappa shape index (κ3) is 2.60. The van der Waals surface area contributed by atoms with Crippen molar-refractivity contribution in [3.8, 4) is 0 Å². The fraction of sp³-hybridized carbons (Fsp3) is 0.0833. The maximum absolute atomic E-state index is 13.4. The van der Waals surface area contributed by atoms with E-state index in [2.05, 4.69) is 4.98 Å². The first-order valence-electron chi connectivity index (χ1n) is 4.82. The van der Waals surface area contributed by atoms with E-state index >= 15 is 0 Å². The second-order valence-electron chi connectivity index (χ2n) is 3.47. The van der Waals surface area contributed by atoms with Gasteiger partial charge in [0.05, 0.1) is 10.7 Å². The second kappa shape index (κ2) is 4.77. The Hall–Kier alpha value is -1.52. The molecule has 0 amide bonds. The summed E-state index contributed by atoms with van der Waals surface area (Å²) in [6.07, 6.45) is 0.106. The topological polar surface area (TPSA) is 33.1 Å². The van der Waals surface area contributed by atoms with Crippen molar-refractivity contribution in [2.75, 3.05) is 0 Å². The highest BCUT2D eigenvalue weighted by atomic mass is 35.5. The molecule has 0 fully saturated rings. The Morgan fingerprint density at radius 3 is 2.53 bits per heavy atom. The van der Waals surface area contributed by atoms with Gasteiger partial charge in [-0.25, -0.2) is 8.78 Å². The van der Waals surface area contributed by atoms with E-state index in [0.717, 1.165) is 6.07 Å². The molecule has 17 heavy (non-hydrogen) atoms. The number of aliphatic hydroxyl groups is 1. The molecule has 0 bridgehead atoms. The monoisotopic (exact) mass is 255 g/mol. The summed E-state index contributed by atoms with van der Waals surface area (Å²) in [4.78, 5) is 3.88. The van der Waals surface area contributed by atoms with Gasteiger partial charge < -0.3 is 5.11 Å². The highest BCUT2D eigenvalue weighted by molar-refractivity contribution is 6.30. The number of rotatable bonds is 2. The van der Waals surface area contributed by atoms with E-state index in [1.54, 1.807) is 0 Å². The number of hydrogen-bond acceptors (Lipinski definition) is 2. The minimum Gasteiger partial charge on any atom is -0.382 e. The SMILES string of the molecule is OC(c1ccc(Cl)cn1)c1ccc(F)cc1F. The molecular formula is C12H8ClF2NO. The van der Waals surface area contributed by atoms with Crippen molar-refractivity contribution in [2.45, 2.75) is 6.10 Å². The zero-order valence-electron chi connectivity index (χ0n) is 8.57. The standard InChI is InChI=1S/C12H8ClF2NO/c13-7-1-4-11(16-6-7)12(17)9-3-2-8(14)5-10(9)15/h1-6,12,17H. The molecule has 0 spiro atoms. The summed E-state index contributed by atoms with van der Waals surface area (Å²) in [6.45, 7) is 0. The van der Waals surface area contributed by atoms with Gasteiger partial charge in [0.2, 0.25) is 0 Å². The van der Waals surface area contributed by atoms with Gasteiger partial charge in [0.25, 0.3) is 0 Å². The minimum absolute atomic E-state index is 0.0266. The van der Waals surface area contributed by atoms with Gasteiger partial charge in [-0.05, 0) is 18.2 Å². The fourth-order valence-corrected chi connectivity index (χ4v) is 1.54. The van der Waals surface area contributed by atoms with Gasteiger partial charge >= 0.3 is 0 Å². The second-order valence-corrected chi connectivity index (χ2v) is 3.91. The van der Waals surface area contributed by atoms with Gasteiger partial charge in [0.1, 0.15) is 17.7 Å². The van der Waals surface area contributed by atoms with Crippen LogP contribution in [0.2, 0.25) is 5.02 Å². The summed E-state index contributed by atoms with van der Waals surface area (Å²) in [6, 6.07) is 6.00. The molecule has 0 aliphatic carbocycles. The summed E-state index contributed by atoms with van der Waals surface area (Å²) in [7, 11) is 0. The van der Waals surface area contributed by atoms with Crippen molar-refractivity contribution in [1.82, 2.24) is 4.98 Å². The predicted octanol–water partition coefficient (Wildman–Crippen LogP) is 3.09. The van der Waals surface area contributed by atoms with Crippen molar-refractivity contribution < 1.29 is 13.9 Å². The molecule has 1 aromatic carbocycles. The Morgan fingerprint density at radius 1 is 1.18 bits per heavy atom. The molecule has 2 aromatic rings. The number of benzene rings is 1. The lowest BCUT2D eigenvalue weighted by atomic mass is 10.1. The largest absolute Gasteiger partial charge is 0.382 e. The van der Waals surface area contributed by atoms with Crippen LogP contribution in [0.3, 0.4) is 0 Å². The fourth-order valence-electron chi connectivity index (χ4n) is 1.43. The lowest BCUT2D eigenvalue weighted by molar-refractivity contribution is 0.210. The molecule has 1 N–H and O–H groups in total. The van der Waals surface area contributed by atoms with Crippen LogP contribution in [-0.4, -0.2) is 10.1 Å². The van der Waals surface area contributed by atoms with Crippen LogP contribution in [0.4, 0.5) is 8.78 Å². The number of hydrogen-bond donors (Lipinski definition) is 1. The van der Waals surface area contributed by atoms with E-state index in [1.165, 1.54) is 24.4 Å². The maximum atomic E-state index is 13.4. The molecule has 5 heteroatoms. The van der Waals surface area contributed by atoms with E-state index in [1.807, 2.05) is 0 Å². The van der Waals surface area contributed by atoms with Gasteiger partial charge in [0.15, 0.2) is 0 Å². The lowest BCUT2D eigenvalue weighted by Crippen LogP contribution is -2.04. The Kier molecular flexibility index (Phi) is 3.36. The predicted molar refractivity (Wildman–Crippen MR) is 59.7 cm³/mol. The van der Waals surface area contributed by atoms with E-state index < -0.39 is 17.7 Å². The maximum Gasteiger partial charge on any atom is 0.132 e.